The molecule has 0 saturated heterocycles. The van der Waals surface area contributed by atoms with Crippen molar-refractivity contribution in [3.63, 3.8) is 0 Å². The van der Waals surface area contributed by atoms with Gasteiger partial charge in [0, 0.05) is 12.8 Å². The Morgan fingerprint density at radius 2 is 1.63 bits per heavy atom. The normalized spacial score (nSPS) is 19.4. The molecule has 27 heavy (non-hydrogen) atoms. The lowest BCUT2D eigenvalue weighted by Gasteiger charge is -2.27. The van der Waals surface area contributed by atoms with Crippen molar-refractivity contribution in [2.24, 2.45) is 0 Å². The van der Waals surface area contributed by atoms with Gasteiger partial charge in [-0.1, -0.05) is 84.9 Å². The first-order valence-electron chi connectivity index (χ1n) is 9.31. The average molecular weight is 354 g/mol. The van der Waals surface area contributed by atoms with Crippen molar-refractivity contribution in [1.82, 2.24) is 0 Å². The fraction of sp³-hybridized carbons (Fsp3) is 0.160. The second-order valence-corrected chi connectivity index (χ2v) is 6.88. The Bertz CT molecular complexity index is 1010. The Labute approximate surface area is 159 Å². The molecule has 0 unspecified atom stereocenters. The molecule has 0 N–H and O–H groups in total. The van der Waals surface area contributed by atoms with Crippen molar-refractivity contribution in [2.45, 2.75) is 25.2 Å². The zero-order valence-corrected chi connectivity index (χ0v) is 15.3. The SMILES string of the molecule is CC(=O)OC1=CCC=C[C@H](c2ccccc2)[C@@H]1c1ccc2ccccc2c1. The fourth-order valence-electron chi connectivity index (χ4n) is 3.85. The molecule has 0 saturated carbocycles. The van der Waals surface area contributed by atoms with Crippen LogP contribution in [0.4, 0.5) is 0 Å². The number of esters is 1. The maximum absolute atomic E-state index is 11.8. The van der Waals surface area contributed by atoms with Gasteiger partial charge in [0.2, 0.25) is 0 Å². The Morgan fingerprint density at radius 1 is 0.889 bits per heavy atom. The molecule has 2 nitrogen and oxygen atoms in total. The van der Waals surface area contributed by atoms with Crippen molar-refractivity contribution in [2.75, 3.05) is 0 Å². The summed E-state index contributed by atoms with van der Waals surface area (Å²) in [7, 11) is 0. The van der Waals surface area contributed by atoms with Gasteiger partial charge >= 0.3 is 5.97 Å². The molecular weight excluding hydrogens is 332 g/mol. The molecule has 134 valence electrons. The van der Waals surface area contributed by atoms with Gasteiger partial charge in [-0.2, -0.15) is 0 Å². The van der Waals surface area contributed by atoms with E-state index < -0.39 is 0 Å². The van der Waals surface area contributed by atoms with E-state index in [0.717, 1.165) is 17.7 Å². The highest BCUT2D eigenvalue weighted by molar-refractivity contribution is 5.83. The van der Waals surface area contributed by atoms with Crippen LogP contribution in [0.3, 0.4) is 0 Å². The number of benzene rings is 3. The van der Waals surface area contributed by atoms with Gasteiger partial charge in [-0.3, -0.25) is 4.79 Å². The van der Waals surface area contributed by atoms with Crippen molar-refractivity contribution >= 4 is 16.7 Å². The van der Waals surface area contributed by atoms with Crippen LogP contribution >= 0.6 is 0 Å². The van der Waals surface area contributed by atoms with E-state index in [2.05, 4.69) is 72.8 Å². The highest BCUT2D eigenvalue weighted by Crippen LogP contribution is 2.42. The molecule has 0 amide bonds. The Hall–Kier alpha value is -3.13. The van der Waals surface area contributed by atoms with Crippen LogP contribution in [0.1, 0.15) is 36.3 Å². The third-order valence-corrected chi connectivity index (χ3v) is 5.04. The summed E-state index contributed by atoms with van der Waals surface area (Å²) in [4.78, 5) is 11.8. The van der Waals surface area contributed by atoms with Gasteiger partial charge in [-0.15, -0.1) is 0 Å². The van der Waals surface area contributed by atoms with E-state index in [1.54, 1.807) is 0 Å². The molecule has 1 aliphatic carbocycles. The number of ether oxygens (including phenoxy) is 1. The number of carbonyl (C=O) groups excluding carboxylic acids is 1. The molecule has 3 aromatic carbocycles. The lowest BCUT2D eigenvalue weighted by molar-refractivity contribution is -0.137. The van der Waals surface area contributed by atoms with Gasteiger partial charge < -0.3 is 4.74 Å². The number of carbonyl (C=O) groups is 1. The largest absolute Gasteiger partial charge is 0.431 e. The molecule has 0 aromatic heterocycles. The van der Waals surface area contributed by atoms with Gasteiger partial charge in [0.15, 0.2) is 0 Å². The van der Waals surface area contributed by atoms with E-state index in [1.807, 2.05) is 18.2 Å². The molecule has 0 bridgehead atoms. The van der Waals surface area contributed by atoms with E-state index in [0.29, 0.717) is 0 Å². The van der Waals surface area contributed by atoms with Gasteiger partial charge in [0.25, 0.3) is 0 Å². The van der Waals surface area contributed by atoms with Crippen LogP contribution < -0.4 is 0 Å². The Balaban J connectivity index is 1.86. The summed E-state index contributed by atoms with van der Waals surface area (Å²) in [6, 6.07) is 25.3. The fourth-order valence-corrected chi connectivity index (χ4v) is 3.85. The number of fused-ring (bicyclic) bond motifs is 1. The van der Waals surface area contributed by atoms with Gasteiger partial charge in [0.1, 0.15) is 5.76 Å². The molecule has 0 fully saturated rings. The summed E-state index contributed by atoms with van der Waals surface area (Å²) < 4.78 is 5.68. The zero-order chi connectivity index (χ0) is 18.6. The standard InChI is InChI=1S/C25H22O2/c1-18(26)27-24-14-8-7-13-23(20-10-3-2-4-11-20)25(24)22-16-15-19-9-5-6-12-21(19)17-22/h2-7,9-17,23,25H,8H2,1H3/t23-,25+/m1/s1. The van der Waals surface area contributed by atoms with Crippen LogP contribution in [0.25, 0.3) is 10.8 Å². The van der Waals surface area contributed by atoms with Crippen molar-refractivity contribution in [3.05, 3.63) is 108 Å². The first-order chi connectivity index (χ1) is 13.2. The monoisotopic (exact) mass is 354 g/mol. The van der Waals surface area contributed by atoms with Crippen LogP contribution in [-0.2, 0) is 9.53 Å². The zero-order valence-electron chi connectivity index (χ0n) is 15.3. The molecule has 0 heterocycles. The maximum atomic E-state index is 11.8. The van der Waals surface area contributed by atoms with E-state index in [1.165, 1.54) is 23.3 Å². The van der Waals surface area contributed by atoms with Crippen molar-refractivity contribution in [1.29, 1.82) is 0 Å². The predicted octanol–water partition coefficient (Wildman–Crippen LogP) is 6.11. The van der Waals surface area contributed by atoms with Crippen LogP contribution in [0.5, 0.6) is 0 Å². The molecule has 2 atom stereocenters. The quantitative estimate of drug-likeness (QED) is 0.419. The minimum absolute atomic E-state index is 0.0420. The predicted molar refractivity (Wildman–Crippen MR) is 109 cm³/mol. The summed E-state index contributed by atoms with van der Waals surface area (Å²) in [6.45, 7) is 1.47. The highest BCUT2D eigenvalue weighted by atomic mass is 16.5. The highest BCUT2D eigenvalue weighted by Gasteiger charge is 2.30. The lowest BCUT2D eigenvalue weighted by Crippen LogP contribution is -2.15. The summed E-state index contributed by atoms with van der Waals surface area (Å²) >= 11 is 0. The van der Waals surface area contributed by atoms with Crippen molar-refractivity contribution in [3.8, 4) is 0 Å². The lowest BCUT2D eigenvalue weighted by atomic mass is 9.80. The third-order valence-electron chi connectivity index (χ3n) is 5.04. The molecule has 4 rings (SSSR count). The summed E-state index contributed by atoms with van der Waals surface area (Å²) in [5.74, 6) is 0.525. The van der Waals surface area contributed by atoms with E-state index in [4.69, 9.17) is 4.74 Å². The molecule has 1 aliphatic rings. The minimum atomic E-state index is -0.277. The molecule has 0 aliphatic heterocycles. The first-order valence-corrected chi connectivity index (χ1v) is 9.31. The van der Waals surface area contributed by atoms with E-state index in [-0.39, 0.29) is 17.8 Å². The number of rotatable bonds is 3. The van der Waals surface area contributed by atoms with Crippen molar-refractivity contribution < 1.29 is 9.53 Å². The molecule has 3 aromatic rings. The maximum Gasteiger partial charge on any atom is 0.307 e. The van der Waals surface area contributed by atoms with Crippen LogP contribution in [0.2, 0.25) is 0 Å². The molecular formula is C25H22O2. The molecule has 0 radical (unpaired) electrons. The van der Waals surface area contributed by atoms with Crippen LogP contribution in [-0.4, -0.2) is 5.97 Å². The average Bonchev–Trinajstić information content (AvgIpc) is 2.90. The number of hydrogen-bond acceptors (Lipinski definition) is 2. The summed E-state index contributed by atoms with van der Waals surface area (Å²) in [5.41, 5.74) is 2.37. The topological polar surface area (TPSA) is 26.3 Å². The smallest absolute Gasteiger partial charge is 0.307 e. The summed E-state index contributed by atoms with van der Waals surface area (Å²) in [5, 5.41) is 2.40. The molecule has 2 heteroatoms. The second-order valence-electron chi connectivity index (χ2n) is 6.88. The first kappa shape index (κ1) is 17.3. The number of allylic oxidation sites excluding steroid dienone is 4. The van der Waals surface area contributed by atoms with Gasteiger partial charge in [0.05, 0.1) is 5.92 Å². The van der Waals surface area contributed by atoms with E-state index >= 15 is 0 Å². The summed E-state index contributed by atoms with van der Waals surface area (Å²) in [6.07, 6.45) is 7.18. The number of hydrogen-bond donors (Lipinski definition) is 0. The Kier molecular flexibility index (Phi) is 4.88. The Morgan fingerprint density at radius 3 is 2.41 bits per heavy atom. The molecule has 0 spiro atoms. The second kappa shape index (κ2) is 7.63. The van der Waals surface area contributed by atoms with Gasteiger partial charge in [-0.25, -0.2) is 0 Å². The van der Waals surface area contributed by atoms with Crippen LogP contribution in [0.15, 0.2) is 96.8 Å². The van der Waals surface area contributed by atoms with Gasteiger partial charge in [-0.05, 0) is 34.4 Å². The minimum Gasteiger partial charge on any atom is -0.431 e. The van der Waals surface area contributed by atoms with Crippen LogP contribution in [0, 0.1) is 0 Å². The van der Waals surface area contributed by atoms with E-state index in [9.17, 15) is 4.79 Å². The third kappa shape index (κ3) is 3.70.